The zero-order valence-electron chi connectivity index (χ0n) is 22.8. The number of aromatic hydroxyl groups is 1. The molecule has 5 nitrogen and oxygen atoms in total. The first-order valence-electron chi connectivity index (χ1n) is 12.8. The van der Waals surface area contributed by atoms with E-state index in [4.69, 9.17) is 9.84 Å². The molecule has 0 radical (unpaired) electrons. The minimum Gasteiger partial charge on any atom is -0.508 e. The number of hydrogen-bond acceptors (Lipinski definition) is 4. The molecule has 1 aliphatic rings. The van der Waals surface area contributed by atoms with Crippen molar-refractivity contribution in [2.45, 2.75) is 98.1 Å². The molecule has 1 aromatic rings. The molecule has 1 atom stereocenters. The van der Waals surface area contributed by atoms with E-state index in [1.807, 2.05) is 27.1 Å². The van der Waals surface area contributed by atoms with Crippen molar-refractivity contribution < 1.29 is 19.7 Å². The third-order valence-corrected chi connectivity index (χ3v) is 6.91. The molecule has 35 heavy (non-hydrogen) atoms. The number of carboxylic acids is 1. The number of allylic oxidation sites excluding steroid dienone is 5. The number of nitrogens with zero attached hydrogens (tertiary/aromatic N) is 1. The molecule has 0 aromatic heterocycles. The van der Waals surface area contributed by atoms with Gasteiger partial charge in [0.15, 0.2) is 0 Å². The number of fused-ring (bicyclic) bond motifs is 1. The molecule has 0 fully saturated rings. The summed E-state index contributed by atoms with van der Waals surface area (Å²) >= 11 is 0. The highest BCUT2D eigenvalue weighted by Crippen LogP contribution is 2.43. The van der Waals surface area contributed by atoms with Gasteiger partial charge in [0, 0.05) is 23.2 Å². The van der Waals surface area contributed by atoms with Crippen LogP contribution in [0, 0.1) is 6.92 Å². The maximum absolute atomic E-state index is 10.9. The lowest BCUT2D eigenvalue weighted by Gasteiger charge is -2.38. The Hall–Kier alpha value is -2.53. The van der Waals surface area contributed by atoms with Crippen LogP contribution in [-0.2, 0) is 17.8 Å². The molecule has 0 amide bonds. The van der Waals surface area contributed by atoms with E-state index in [-0.39, 0.29) is 5.60 Å². The summed E-state index contributed by atoms with van der Waals surface area (Å²) in [5, 5.41) is 19.4. The van der Waals surface area contributed by atoms with Gasteiger partial charge in [-0.05, 0) is 112 Å². The largest absolute Gasteiger partial charge is 0.508 e. The van der Waals surface area contributed by atoms with E-state index < -0.39 is 5.97 Å². The van der Waals surface area contributed by atoms with Gasteiger partial charge in [0.25, 0.3) is 0 Å². The van der Waals surface area contributed by atoms with Gasteiger partial charge in [-0.2, -0.15) is 0 Å². The lowest BCUT2D eigenvalue weighted by Crippen LogP contribution is -2.37. The molecule has 1 aromatic carbocycles. The maximum Gasteiger partial charge on any atom is 0.330 e. The van der Waals surface area contributed by atoms with Gasteiger partial charge in [0.2, 0.25) is 0 Å². The molecular formula is C30H45NO4. The van der Waals surface area contributed by atoms with Gasteiger partial charge in [0.1, 0.15) is 17.1 Å². The monoisotopic (exact) mass is 483 g/mol. The van der Waals surface area contributed by atoms with Crippen molar-refractivity contribution in [1.29, 1.82) is 0 Å². The number of hydrogen-bond donors (Lipinski definition) is 2. The average molecular weight is 484 g/mol. The summed E-state index contributed by atoms with van der Waals surface area (Å²) in [5.41, 5.74) is 6.08. The van der Waals surface area contributed by atoms with Crippen LogP contribution < -0.4 is 4.74 Å². The smallest absolute Gasteiger partial charge is 0.330 e. The number of phenolic OH excluding ortho intramolecular Hbond substituents is 1. The molecule has 1 unspecified atom stereocenters. The molecule has 0 saturated carbocycles. The van der Waals surface area contributed by atoms with Crippen LogP contribution in [0.4, 0.5) is 0 Å². The summed E-state index contributed by atoms with van der Waals surface area (Å²) in [4.78, 5) is 12.9. The summed E-state index contributed by atoms with van der Waals surface area (Å²) in [5.74, 6) is 0.493. The Labute approximate surface area is 212 Å². The minimum absolute atomic E-state index is 0.195. The lowest BCUT2D eigenvalue weighted by atomic mass is 9.85. The van der Waals surface area contributed by atoms with Crippen LogP contribution in [0.3, 0.4) is 0 Å². The van der Waals surface area contributed by atoms with E-state index in [0.717, 1.165) is 73.8 Å². The Morgan fingerprint density at radius 3 is 2.29 bits per heavy atom. The Kier molecular flexibility index (Phi) is 10.6. The standard InChI is InChI=1S/C30H45NO4/c1-21(13-9-15-23(3)29(33)34)11-8-12-22(2)14-10-17-30(5)18-16-25-26(20-31(6)7)27(32)19-24(4)28(25)35-30/h11,14-15,19,32H,8-10,12-13,16-18,20H2,1-7H3,(H,33,34)/b21-11+,22-14+,23-15+. The quantitative estimate of drug-likeness (QED) is 0.245. The van der Waals surface area contributed by atoms with Crippen LogP contribution in [0.15, 0.2) is 41.0 Å². The van der Waals surface area contributed by atoms with Crippen LogP contribution in [-0.4, -0.2) is 40.8 Å². The van der Waals surface area contributed by atoms with E-state index in [1.165, 1.54) is 11.1 Å². The summed E-state index contributed by atoms with van der Waals surface area (Å²) in [6.07, 6.45) is 14.0. The van der Waals surface area contributed by atoms with Crippen LogP contribution in [0.25, 0.3) is 0 Å². The fourth-order valence-corrected chi connectivity index (χ4v) is 4.63. The van der Waals surface area contributed by atoms with Crippen molar-refractivity contribution in [2.75, 3.05) is 14.1 Å². The van der Waals surface area contributed by atoms with Gasteiger partial charge >= 0.3 is 5.97 Å². The SMILES string of the molecule is C/C(=C\CC/C(C)=C/CCC1(C)CCc2c(CN(C)C)c(O)cc(C)c2O1)CC/C=C(\C)C(=O)O. The van der Waals surface area contributed by atoms with Crippen LogP contribution >= 0.6 is 0 Å². The van der Waals surface area contributed by atoms with E-state index in [0.29, 0.717) is 17.9 Å². The van der Waals surface area contributed by atoms with Gasteiger partial charge < -0.3 is 19.8 Å². The molecular weight excluding hydrogens is 438 g/mol. The van der Waals surface area contributed by atoms with Crippen molar-refractivity contribution in [3.63, 3.8) is 0 Å². The number of phenols is 1. The number of carbonyl (C=O) groups is 1. The van der Waals surface area contributed by atoms with Gasteiger partial charge in [0.05, 0.1) is 0 Å². The molecule has 0 spiro atoms. The first kappa shape index (κ1) is 28.7. The fraction of sp³-hybridized carbons (Fsp3) is 0.567. The second-order valence-electron chi connectivity index (χ2n) is 10.7. The lowest BCUT2D eigenvalue weighted by molar-refractivity contribution is -0.132. The number of carboxylic acid groups (broad SMARTS) is 1. The summed E-state index contributed by atoms with van der Waals surface area (Å²) in [6, 6.07) is 1.84. The predicted octanol–water partition coefficient (Wildman–Crippen LogP) is 7.11. The number of ether oxygens (including phenoxy) is 1. The number of aliphatic carboxylic acids is 1. The summed E-state index contributed by atoms with van der Waals surface area (Å²) < 4.78 is 6.58. The zero-order valence-corrected chi connectivity index (χ0v) is 22.8. The Morgan fingerprint density at radius 2 is 1.69 bits per heavy atom. The van der Waals surface area contributed by atoms with Crippen molar-refractivity contribution in [1.82, 2.24) is 4.90 Å². The summed E-state index contributed by atoms with van der Waals surface area (Å²) in [7, 11) is 4.04. The van der Waals surface area contributed by atoms with Crippen molar-refractivity contribution >= 4 is 5.97 Å². The van der Waals surface area contributed by atoms with Crippen molar-refractivity contribution in [3.8, 4) is 11.5 Å². The fourth-order valence-electron chi connectivity index (χ4n) is 4.63. The number of rotatable bonds is 12. The molecule has 2 N–H and O–H groups in total. The second kappa shape index (κ2) is 13.0. The van der Waals surface area contributed by atoms with Gasteiger partial charge in [-0.15, -0.1) is 0 Å². The highest BCUT2D eigenvalue weighted by atomic mass is 16.5. The first-order chi connectivity index (χ1) is 16.4. The molecule has 0 saturated heterocycles. The Balaban J connectivity index is 1.88. The van der Waals surface area contributed by atoms with Crippen LogP contribution in [0.2, 0.25) is 0 Å². The number of benzene rings is 1. The Bertz CT molecular complexity index is 987. The predicted molar refractivity (Wildman–Crippen MR) is 144 cm³/mol. The van der Waals surface area contributed by atoms with Crippen LogP contribution in [0.5, 0.6) is 11.5 Å². The average Bonchev–Trinajstić information content (AvgIpc) is 2.76. The molecule has 1 aliphatic heterocycles. The van der Waals surface area contributed by atoms with E-state index in [1.54, 1.807) is 13.0 Å². The highest BCUT2D eigenvalue weighted by molar-refractivity contribution is 5.85. The second-order valence-corrected chi connectivity index (χ2v) is 10.7. The van der Waals surface area contributed by atoms with Crippen molar-refractivity contribution in [2.24, 2.45) is 0 Å². The minimum atomic E-state index is -0.840. The van der Waals surface area contributed by atoms with E-state index in [9.17, 15) is 9.90 Å². The van der Waals surface area contributed by atoms with Crippen molar-refractivity contribution in [3.05, 3.63) is 57.7 Å². The molecule has 0 bridgehead atoms. The maximum atomic E-state index is 10.9. The number of aryl methyl sites for hydroxylation is 1. The highest BCUT2D eigenvalue weighted by Gasteiger charge is 2.33. The topological polar surface area (TPSA) is 70.0 Å². The normalized spacial score (nSPS) is 19.0. The van der Waals surface area contributed by atoms with Gasteiger partial charge in [-0.25, -0.2) is 4.79 Å². The zero-order chi connectivity index (χ0) is 26.2. The van der Waals surface area contributed by atoms with Gasteiger partial charge in [-0.1, -0.05) is 29.4 Å². The first-order valence-corrected chi connectivity index (χ1v) is 12.8. The van der Waals surface area contributed by atoms with Gasteiger partial charge in [-0.3, -0.25) is 0 Å². The van der Waals surface area contributed by atoms with Crippen LogP contribution in [0.1, 0.15) is 89.3 Å². The summed E-state index contributed by atoms with van der Waals surface area (Å²) in [6.45, 7) is 10.9. The third-order valence-electron chi connectivity index (χ3n) is 6.91. The molecule has 2 rings (SSSR count). The third kappa shape index (κ3) is 8.88. The Morgan fingerprint density at radius 1 is 1.09 bits per heavy atom. The molecule has 1 heterocycles. The van der Waals surface area contributed by atoms with E-state index in [2.05, 4.69) is 37.8 Å². The van der Waals surface area contributed by atoms with E-state index >= 15 is 0 Å². The molecule has 5 heteroatoms. The molecule has 194 valence electrons. The molecule has 0 aliphatic carbocycles.